The molecular formula is C6H3F2IO2S. The molecule has 0 spiro atoms. The van der Waals surface area contributed by atoms with Gasteiger partial charge in [-0.1, -0.05) is 0 Å². The second-order valence-electron chi connectivity index (χ2n) is 1.87. The highest BCUT2D eigenvalue weighted by molar-refractivity contribution is 14.1. The third-order valence-electron chi connectivity index (χ3n) is 1.13. The lowest BCUT2D eigenvalue weighted by molar-refractivity contribution is 0.555. The van der Waals surface area contributed by atoms with Crippen LogP contribution in [0.5, 0.6) is 0 Å². The van der Waals surface area contributed by atoms with E-state index in [0.717, 1.165) is 12.1 Å². The summed E-state index contributed by atoms with van der Waals surface area (Å²) in [6.45, 7) is 0. The number of hydrogen-bond acceptors (Lipinski definition) is 2. The Balaban J connectivity index is 3.09. The summed E-state index contributed by atoms with van der Waals surface area (Å²) in [5.74, 6) is -1.58. The molecular weight excluding hydrogens is 301 g/mol. The predicted molar refractivity (Wildman–Crippen MR) is 47.9 cm³/mol. The predicted octanol–water partition coefficient (Wildman–Crippen LogP) is 2.35. The average molecular weight is 304 g/mol. The van der Waals surface area contributed by atoms with Gasteiger partial charge in [0.25, 0.3) is 0 Å². The molecule has 1 aromatic rings. The van der Waals surface area contributed by atoms with E-state index in [2.05, 4.69) is 2.51 Å². The molecule has 0 saturated carbocycles. The lowest BCUT2D eigenvalue weighted by atomic mass is 10.3. The maximum absolute atomic E-state index is 12.8. The monoisotopic (exact) mass is 304 g/mol. The molecule has 12 heavy (non-hydrogen) atoms. The van der Waals surface area contributed by atoms with Gasteiger partial charge in [0.2, 0.25) is 11.1 Å². The second-order valence-corrected chi connectivity index (χ2v) is 3.99. The molecule has 0 bridgehead atoms. The van der Waals surface area contributed by atoms with Gasteiger partial charge < -0.3 is 0 Å². The first-order chi connectivity index (χ1) is 5.65. The first-order valence-corrected chi connectivity index (χ1v) is 4.76. The van der Waals surface area contributed by atoms with E-state index in [9.17, 15) is 13.0 Å². The Morgan fingerprint density at radius 1 is 1.42 bits per heavy atom. The summed E-state index contributed by atoms with van der Waals surface area (Å²) in [5, 5.41) is 0. The van der Waals surface area contributed by atoms with E-state index in [0.29, 0.717) is 6.07 Å². The minimum Gasteiger partial charge on any atom is -0.223 e. The van der Waals surface area contributed by atoms with Crippen LogP contribution in [-0.4, -0.2) is 4.21 Å². The lowest BCUT2D eigenvalue weighted by Crippen LogP contribution is -1.94. The smallest absolute Gasteiger partial charge is 0.202 e. The Kier molecular flexibility index (Phi) is 3.53. The molecule has 0 aliphatic heterocycles. The molecule has 1 aromatic carbocycles. The normalized spacial score (nSPS) is 12.9. The van der Waals surface area contributed by atoms with Crippen molar-refractivity contribution in [3.05, 3.63) is 29.8 Å². The Bertz CT molecular complexity index is 318. The molecule has 0 radical (unpaired) electrons. The van der Waals surface area contributed by atoms with Crippen LogP contribution in [0.1, 0.15) is 0 Å². The van der Waals surface area contributed by atoms with Gasteiger partial charge in [-0.25, -0.2) is 15.5 Å². The van der Waals surface area contributed by atoms with Gasteiger partial charge >= 0.3 is 0 Å². The fourth-order valence-corrected chi connectivity index (χ4v) is 1.69. The van der Waals surface area contributed by atoms with Crippen molar-refractivity contribution in [2.45, 2.75) is 4.90 Å². The van der Waals surface area contributed by atoms with Gasteiger partial charge in [-0.15, -0.1) is 0 Å². The topological polar surface area (TPSA) is 26.3 Å². The molecule has 0 fully saturated rings. The first kappa shape index (κ1) is 10.0. The second kappa shape index (κ2) is 4.24. The zero-order valence-corrected chi connectivity index (χ0v) is 8.56. The standard InChI is InChI=1S/C6H3F2IO2S/c7-4-1-2-6(5(8)3-4)12(10)11-9/h1-3H. The fourth-order valence-electron chi connectivity index (χ4n) is 0.644. The van der Waals surface area contributed by atoms with Crippen molar-refractivity contribution in [2.75, 3.05) is 0 Å². The zero-order chi connectivity index (χ0) is 9.14. The Morgan fingerprint density at radius 2 is 2.08 bits per heavy atom. The van der Waals surface area contributed by atoms with Crippen LogP contribution in [0, 0.1) is 11.6 Å². The average Bonchev–Trinajstić information content (AvgIpc) is 2.03. The number of rotatable bonds is 2. The maximum Gasteiger partial charge on any atom is 0.202 e. The highest BCUT2D eigenvalue weighted by Crippen LogP contribution is 2.15. The van der Waals surface area contributed by atoms with Gasteiger partial charge in [-0.2, -0.15) is 0 Å². The molecule has 1 unspecified atom stereocenters. The van der Waals surface area contributed by atoms with Crippen molar-refractivity contribution < 1.29 is 15.5 Å². The molecule has 1 rings (SSSR count). The van der Waals surface area contributed by atoms with E-state index in [1.807, 2.05) is 0 Å². The molecule has 0 N–H and O–H groups in total. The summed E-state index contributed by atoms with van der Waals surface area (Å²) < 4.78 is 40.3. The molecule has 0 saturated heterocycles. The van der Waals surface area contributed by atoms with Gasteiger partial charge in [0.15, 0.2) is 0 Å². The molecule has 1 atom stereocenters. The van der Waals surface area contributed by atoms with Crippen molar-refractivity contribution in [1.29, 1.82) is 0 Å². The van der Waals surface area contributed by atoms with Crippen molar-refractivity contribution in [2.24, 2.45) is 0 Å². The molecule has 0 aliphatic rings. The molecule has 0 aliphatic carbocycles. The summed E-state index contributed by atoms with van der Waals surface area (Å²) >= 11 is -0.483. The summed E-state index contributed by atoms with van der Waals surface area (Å²) in [7, 11) is 0. The van der Waals surface area contributed by atoms with Crippen molar-refractivity contribution in [3.8, 4) is 0 Å². The first-order valence-electron chi connectivity index (χ1n) is 2.81. The summed E-state index contributed by atoms with van der Waals surface area (Å²) in [6.07, 6.45) is 0. The van der Waals surface area contributed by atoms with Gasteiger partial charge in [0.1, 0.15) is 39.5 Å². The summed E-state index contributed by atoms with van der Waals surface area (Å²) in [5.41, 5.74) is 0. The highest BCUT2D eigenvalue weighted by atomic mass is 127. The van der Waals surface area contributed by atoms with Gasteiger partial charge in [0, 0.05) is 6.07 Å². The minimum atomic E-state index is -1.87. The van der Waals surface area contributed by atoms with Crippen LogP contribution in [0.25, 0.3) is 0 Å². The van der Waals surface area contributed by atoms with E-state index < -0.39 is 22.7 Å². The number of halogens is 3. The van der Waals surface area contributed by atoms with E-state index in [4.69, 9.17) is 0 Å². The van der Waals surface area contributed by atoms with Gasteiger partial charge in [-0.05, 0) is 12.1 Å². The van der Waals surface area contributed by atoms with Crippen molar-refractivity contribution >= 4 is 34.1 Å². The van der Waals surface area contributed by atoms with E-state index in [-0.39, 0.29) is 4.90 Å². The molecule has 0 amide bonds. The molecule has 0 aromatic heterocycles. The largest absolute Gasteiger partial charge is 0.223 e. The van der Waals surface area contributed by atoms with Crippen LogP contribution in [0.2, 0.25) is 0 Å². The van der Waals surface area contributed by atoms with Crippen LogP contribution < -0.4 is 0 Å². The Morgan fingerprint density at radius 3 is 2.58 bits per heavy atom. The summed E-state index contributed by atoms with van der Waals surface area (Å²) in [6, 6.07) is 2.76. The maximum atomic E-state index is 12.8. The number of benzene rings is 1. The zero-order valence-electron chi connectivity index (χ0n) is 5.59. The van der Waals surface area contributed by atoms with E-state index in [1.165, 1.54) is 23.0 Å². The SMILES string of the molecule is O=S(OI)c1ccc(F)cc1F. The van der Waals surface area contributed by atoms with Crippen LogP contribution in [0.3, 0.4) is 0 Å². The molecule has 66 valence electrons. The molecule has 6 heteroatoms. The lowest BCUT2D eigenvalue weighted by Gasteiger charge is -1.98. The Labute approximate surface area is 84.3 Å². The van der Waals surface area contributed by atoms with Crippen LogP contribution in [-0.2, 0) is 13.6 Å². The quantitative estimate of drug-likeness (QED) is 0.784. The van der Waals surface area contributed by atoms with Crippen LogP contribution in [0.4, 0.5) is 8.78 Å². The summed E-state index contributed by atoms with van der Waals surface area (Å²) in [4.78, 5) is -0.161. The van der Waals surface area contributed by atoms with E-state index >= 15 is 0 Å². The fraction of sp³-hybridized carbons (Fsp3) is 0. The third-order valence-corrected chi connectivity index (χ3v) is 2.92. The van der Waals surface area contributed by atoms with Gasteiger partial charge in [-0.3, -0.25) is 0 Å². The number of hydrogen-bond donors (Lipinski definition) is 0. The Hall–Kier alpha value is -0.0800. The van der Waals surface area contributed by atoms with Crippen molar-refractivity contribution in [3.63, 3.8) is 0 Å². The minimum absolute atomic E-state index is 0.161. The van der Waals surface area contributed by atoms with Crippen LogP contribution in [0.15, 0.2) is 23.1 Å². The van der Waals surface area contributed by atoms with E-state index in [1.54, 1.807) is 0 Å². The third kappa shape index (κ3) is 2.20. The molecule has 2 nitrogen and oxygen atoms in total. The molecule has 0 heterocycles. The highest BCUT2D eigenvalue weighted by Gasteiger charge is 2.10. The van der Waals surface area contributed by atoms with Crippen LogP contribution >= 0.6 is 23.0 Å². The van der Waals surface area contributed by atoms with Gasteiger partial charge in [0.05, 0.1) is 0 Å². The van der Waals surface area contributed by atoms with Crippen molar-refractivity contribution in [1.82, 2.24) is 0 Å².